The van der Waals surface area contributed by atoms with Gasteiger partial charge in [0.05, 0.1) is 17.6 Å². The van der Waals surface area contributed by atoms with E-state index in [-0.39, 0.29) is 0 Å². The van der Waals surface area contributed by atoms with Gasteiger partial charge in [0.1, 0.15) is 5.69 Å². The van der Waals surface area contributed by atoms with Crippen molar-refractivity contribution in [2.24, 2.45) is 4.99 Å². The normalized spacial score (nSPS) is 15.6. The number of carbonyl (C=O) groups is 1. The number of hydrogen-bond acceptors (Lipinski definition) is 5. The average molecular weight is 353 g/mol. The fourth-order valence-electron chi connectivity index (χ4n) is 2.80. The van der Waals surface area contributed by atoms with Crippen molar-refractivity contribution in [3.63, 3.8) is 0 Å². The number of rotatable bonds is 2. The van der Waals surface area contributed by atoms with Gasteiger partial charge in [0, 0.05) is 23.1 Å². The first kappa shape index (κ1) is 15.5. The van der Waals surface area contributed by atoms with Crippen LogP contribution in [0.15, 0.2) is 59.7 Å². The van der Waals surface area contributed by atoms with E-state index in [2.05, 4.69) is 10.3 Å². The molecular weight excluding hydrogens is 340 g/mol. The molecule has 6 nitrogen and oxygen atoms in total. The van der Waals surface area contributed by atoms with Gasteiger partial charge < -0.3 is 4.74 Å². The summed E-state index contributed by atoms with van der Waals surface area (Å²) in [6.45, 7) is 1.35. The monoisotopic (exact) mass is 352 g/mol. The van der Waals surface area contributed by atoms with Crippen molar-refractivity contribution in [3.8, 4) is 5.69 Å². The number of hydrogen-bond donors (Lipinski definition) is 0. The molecule has 4 rings (SSSR count). The van der Waals surface area contributed by atoms with Crippen LogP contribution in [0, 0.1) is 0 Å². The maximum absolute atomic E-state index is 11.6. The van der Waals surface area contributed by atoms with Crippen molar-refractivity contribution < 1.29 is 9.53 Å². The summed E-state index contributed by atoms with van der Waals surface area (Å²) in [5, 5.41) is 8.65. The topological polar surface area (TPSA) is 69.4 Å². The third kappa shape index (κ3) is 2.81. The molecule has 0 fully saturated rings. The van der Waals surface area contributed by atoms with Crippen molar-refractivity contribution in [2.45, 2.75) is 13.2 Å². The Morgan fingerprint density at radius 1 is 1.20 bits per heavy atom. The average Bonchev–Trinajstić information content (AvgIpc) is 3.04. The van der Waals surface area contributed by atoms with E-state index in [1.54, 1.807) is 16.9 Å². The van der Waals surface area contributed by atoms with Crippen LogP contribution in [-0.2, 0) is 9.53 Å². The van der Waals surface area contributed by atoms with E-state index in [1.807, 2.05) is 42.5 Å². The van der Waals surface area contributed by atoms with Gasteiger partial charge in [-0.25, -0.2) is 9.67 Å². The van der Waals surface area contributed by atoms with E-state index in [1.165, 1.54) is 6.92 Å². The van der Waals surface area contributed by atoms with Gasteiger partial charge in [-0.3, -0.25) is 4.79 Å². The van der Waals surface area contributed by atoms with E-state index in [9.17, 15) is 4.79 Å². The summed E-state index contributed by atoms with van der Waals surface area (Å²) < 4.78 is 7.03. The van der Waals surface area contributed by atoms with Crippen LogP contribution in [0.5, 0.6) is 0 Å². The molecule has 0 bridgehead atoms. The lowest BCUT2D eigenvalue weighted by atomic mass is 10.0. The Morgan fingerprint density at radius 2 is 2.00 bits per heavy atom. The number of carbonyl (C=O) groups excluding carboxylic acids is 1. The van der Waals surface area contributed by atoms with Crippen LogP contribution in [-0.4, -0.2) is 26.7 Å². The Kier molecular flexibility index (Phi) is 3.82. The molecule has 0 N–H and O–H groups in total. The van der Waals surface area contributed by atoms with Crippen LogP contribution in [0.4, 0.5) is 0 Å². The highest BCUT2D eigenvalue weighted by molar-refractivity contribution is 6.31. The molecule has 1 aromatic heterocycles. The molecule has 1 aliphatic heterocycles. The molecule has 3 aromatic rings. The maximum atomic E-state index is 11.6. The Morgan fingerprint density at radius 3 is 2.76 bits per heavy atom. The first-order chi connectivity index (χ1) is 12.1. The summed E-state index contributed by atoms with van der Waals surface area (Å²) in [6.07, 6.45) is 0.706. The Bertz CT molecular complexity index is 982. The summed E-state index contributed by atoms with van der Waals surface area (Å²) in [4.78, 5) is 16.3. The molecule has 0 saturated carbocycles. The molecule has 1 atom stereocenters. The van der Waals surface area contributed by atoms with Crippen LogP contribution >= 0.6 is 11.6 Å². The van der Waals surface area contributed by atoms with Crippen LogP contribution in [0.3, 0.4) is 0 Å². The first-order valence-electron chi connectivity index (χ1n) is 7.65. The van der Waals surface area contributed by atoms with E-state index >= 15 is 0 Å². The second kappa shape index (κ2) is 6.14. The summed E-state index contributed by atoms with van der Waals surface area (Å²) in [5.74, 6) is -0.432. The number of esters is 1. The molecule has 7 heteroatoms. The summed E-state index contributed by atoms with van der Waals surface area (Å²) in [6, 6.07) is 15.1. The predicted octanol–water partition coefficient (Wildman–Crippen LogP) is 3.33. The highest BCUT2D eigenvalue weighted by atomic mass is 35.5. The van der Waals surface area contributed by atoms with Crippen LogP contribution in [0.25, 0.3) is 5.69 Å². The molecular formula is C18H13ClN4O2. The van der Waals surface area contributed by atoms with Crippen molar-refractivity contribution in [2.75, 3.05) is 0 Å². The number of halogens is 1. The van der Waals surface area contributed by atoms with Crippen LogP contribution in [0.1, 0.15) is 30.0 Å². The minimum absolute atomic E-state index is 0.432. The van der Waals surface area contributed by atoms with E-state index < -0.39 is 12.2 Å². The fraction of sp³-hybridized carbons (Fsp3) is 0.111. The summed E-state index contributed by atoms with van der Waals surface area (Å²) >= 11 is 6.22. The third-order valence-electron chi connectivity index (χ3n) is 3.84. The van der Waals surface area contributed by atoms with Crippen molar-refractivity contribution in [1.82, 2.24) is 15.0 Å². The standard InChI is InChI=1S/C18H13ClN4O2/c1-11(24)25-18-16-10-20-22-23(16)15-8-7-13(19)9-14(15)17(21-18)12-5-3-2-4-6-12/h2-10,18H,1H3. The number of fused-ring (bicyclic) bond motifs is 3. The highest BCUT2D eigenvalue weighted by Gasteiger charge is 2.28. The molecule has 0 aliphatic carbocycles. The Hall–Kier alpha value is -2.99. The van der Waals surface area contributed by atoms with Crippen molar-refractivity contribution in [3.05, 3.63) is 76.6 Å². The van der Waals surface area contributed by atoms with Gasteiger partial charge in [0.25, 0.3) is 0 Å². The van der Waals surface area contributed by atoms with E-state index in [4.69, 9.17) is 21.3 Å². The summed E-state index contributed by atoms with van der Waals surface area (Å²) in [5.41, 5.74) is 3.70. The first-order valence-corrected chi connectivity index (χ1v) is 8.02. The molecule has 124 valence electrons. The van der Waals surface area contributed by atoms with Gasteiger partial charge in [-0.15, -0.1) is 5.10 Å². The Labute approximate surface area is 148 Å². The van der Waals surface area contributed by atoms with Crippen molar-refractivity contribution >= 4 is 23.3 Å². The van der Waals surface area contributed by atoms with Crippen molar-refractivity contribution in [1.29, 1.82) is 0 Å². The quantitative estimate of drug-likeness (QED) is 0.663. The lowest BCUT2D eigenvalue weighted by molar-refractivity contribution is -0.146. The minimum atomic E-state index is -0.839. The molecule has 1 unspecified atom stereocenters. The number of nitrogens with zero attached hydrogens (tertiary/aromatic N) is 4. The zero-order valence-corrected chi connectivity index (χ0v) is 14.0. The van der Waals surface area contributed by atoms with E-state index in [0.717, 1.165) is 16.8 Å². The lowest BCUT2D eigenvalue weighted by Gasteiger charge is -2.12. The van der Waals surface area contributed by atoms with Gasteiger partial charge >= 0.3 is 5.97 Å². The van der Waals surface area contributed by atoms with Gasteiger partial charge in [-0.1, -0.05) is 47.1 Å². The number of ether oxygens (including phenoxy) is 1. The predicted molar refractivity (Wildman–Crippen MR) is 93.0 cm³/mol. The zero-order valence-electron chi connectivity index (χ0n) is 13.3. The molecule has 2 heterocycles. The van der Waals surface area contributed by atoms with E-state index in [0.29, 0.717) is 16.4 Å². The Balaban J connectivity index is 2.00. The van der Waals surface area contributed by atoms with Gasteiger partial charge in [-0.05, 0) is 18.2 Å². The number of benzene rings is 2. The van der Waals surface area contributed by atoms with Gasteiger partial charge in [-0.2, -0.15) is 0 Å². The lowest BCUT2D eigenvalue weighted by Crippen LogP contribution is -2.11. The third-order valence-corrected chi connectivity index (χ3v) is 4.08. The molecule has 0 amide bonds. The summed E-state index contributed by atoms with van der Waals surface area (Å²) in [7, 11) is 0. The van der Waals surface area contributed by atoms with Crippen LogP contribution in [0.2, 0.25) is 5.02 Å². The molecule has 25 heavy (non-hydrogen) atoms. The largest absolute Gasteiger partial charge is 0.434 e. The highest BCUT2D eigenvalue weighted by Crippen LogP contribution is 2.31. The molecule has 0 radical (unpaired) electrons. The molecule has 1 aliphatic rings. The van der Waals surface area contributed by atoms with Gasteiger partial charge in [0.15, 0.2) is 0 Å². The van der Waals surface area contributed by atoms with Gasteiger partial charge in [0.2, 0.25) is 6.23 Å². The SMILES string of the molecule is CC(=O)OC1N=C(c2ccccc2)c2cc(Cl)ccc2-n2nncc21. The number of aromatic nitrogens is 3. The zero-order chi connectivity index (χ0) is 17.4. The minimum Gasteiger partial charge on any atom is -0.434 e. The smallest absolute Gasteiger partial charge is 0.304 e. The molecule has 0 saturated heterocycles. The molecule has 2 aromatic carbocycles. The molecule has 0 spiro atoms. The van der Waals surface area contributed by atoms with Crippen LogP contribution < -0.4 is 0 Å². The second-order valence-electron chi connectivity index (χ2n) is 5.54. The number of aliphatic imine (C=N–C) groups is 1. The fourth-order valence-corrected chi connectivity index (χ4v) is 2.98. The second-order valence-corrected chi connectivity index (χ2v) is 5.97. The maximum Gasteiger partial charge on any atom is 0.304 e.